The van der Waals surface area contributed by atoms with E-state index in [4.69, 9.17) is 5.11 Å². The van der Waals surface area contributed by atoms with Crippen LogP contribution >= 0.6 is 0 Å². The number of amides is 1. The van der Waals surface area contributed by atoms with E-state index in [0.717, 1.165) is 30.6 Å². The summed E-state index contributed by atoms with van der Waals surface area (Å²) in [7, 11) is 0. The van der Waals surface area contributed by atoms with Crippen LogP contribution < -0.4 is 10.6 Å². The molecule has 5 heteroatoms. The third kappa shape index (κ3) is 2.99. The molecule has 0 bridgehead atoms. The van der Waals surface area contributed by atoms with Gasteiger partial charge in [0.2, 0.25) is 0 Å². The van der Waals surface area contributed by atoms with Crippen LogP contribution in [-0.4, -0.2) is 29.6 Å². The zero-order valence-electron chi connectivity index (χ0n) is 11.8. The second-order valence-corrected chi connectivity index (χ2v) is 5.26. The van der Waals surface area contributed by atoms with E-state index < -0.39 is 17.9 Å². The molecule has 2 atom stereocenters. The summed E-state index contributed by atoms with van der Waals surface area (Å²) < 4.78 is 0. The second kappa shape index (κ2) is 6.05. The maximum atomic E-state index is 12.3. The van der Waals surface area contributed by atoms with Gasteiger partial charge in [0, 0.05) is 18.2 Å². The fourth-order valence-electron chi connectivity index (χ4n) is 2.37. The number of aliphatic carboxylic acids is 1. The van der Waals surface area contributed by atoms with Crippen molar-refractivity contribution in [1.29, 1.82) is 0 Å². The van der Waals surface area contributed by atoms with Crippen molar-refractivity contribution in [2.75, 3.05) is 6.54 Å². The summed E-state index contributed by atoms with van der Waals surface area (Å²) >= 11 is 0. The van der Waals surface area contributed by atoms with Crippen molar-refractivity contribution in [2.24, 2.45) is 5.92 Å². The van der Waals surface area contributed by atoms with Gasteiger partial charge in [0.25, 0.3) is 5.91 Å². The number of carbonyl (C=O) groups is 2. The van der Waals surface area contributed by atoms with Crippen LogP contribution in [0.25, 0.3) is 0 Å². The lowest BCUT2D eigenvalue weighted by molar-refractivity contribution is -0.141. The Morgan fingerprint density at radius 3 is 2.80 bits per heavy atom. The van der Waals surface area contributed by atoms with Crippen molar-refractivity contribution >= 4 is 11.9 Å². The van der Waals surface area contributed by atoms with Crippen molar-refractivity contribution in [1.82, 2.24) is 10.6 Å². The summed E-state index contributed by atoms with van der Waals surface area (Å²) in [4.78, 5) is 23.3. The SMILES string of the molecule is CC(NC(=O)c1cccc2c1CCNC2)C(C)C(=O)O. The summed E-state index contributed by atoms with van der Waals surface area (Å²) in [5.41, 5.74) is 2.87. The van der Waals surface area contributed by atoms with Crippen LogP contribution in [0, 0.1) is 5.92 Å². The van der Waals surface area contributed by atoms with Gasteiger partial charge in [0.1, 0.15) is 0 Å². The van der Waals surface area contributed by atoms with Crippen LogP contribution in [0.3, 0.4) is 0 Å². The predicted octanol–water partition coefficient (Wildman–Crippen LogP) is 1.17. The number of carbonyl (C=O) groups excluding carboxylic acids is 1. The van der Waals surface area contributed by atoms with E-state index in [-0.39, 0.29) is 5.91 Å². The Bertz CT molecular complexity index is 528. The van der Waals surface area contributed by atoms with Gasteiger partial charge in [0.05, 0.1) is 5.92 Å². The molecule has 1 aliphatic heterocycles. The summed E-state index contributed by atoms with van der Waals surface area (Å²) in [5, 5.41) is 15.0. The lowest BCUT2D eigenvalue weighted by Gasteiger charge is -2.22. The zero-order chi connectivity index (χ0) is 14.7. The first-order valence-corrected chi connectivity index (χ1v) is 6.86. The molecule has 1 aliphatic rings. The van der Waals surface area contributed by atoms with Gasteiger partial charge in [-0.3, -0.25) is 9.59 Å². The van der Waals surface area contributed by atoms with Crippen molar-refractivity contribution < 1.29 is 14.7 Å². The van der Waals surface area contributed by atoms with Gasteiger partial charge in [-0.25, -0.2) is 0 Å². The molecule has 0 spiro atoms. The summed E-state index contributed by atoms with van der Waals surface area (Å²) in [6, 6.07) is 5.28. The molecule has 0 aliphatic carbocycles. The van der Waals surface area contributed by atoms with Crippen LogP contribution in [0.1, 0.15) is 35.3 Å². The monoisotopic (exact) mass is 276 g/mol. The first-order chi connectivity index (χ1) is 9.50. The van der Waals surface area contributed by atoms with E-state index in [9.17, 15) is 9.59 Å². The number of fused-ring (bicyclic) bond motifs is 1. The first-order valence-electron chi connectivity index (χ1n) is 6.86. The molecular formula is C15H20N2O3. The van der Waals surface area contributed by atoms with Gasteiger partial charge < -0.3 is 15.7 Å². The number of rotatable bonds is 4. The normalized spacial score (nSPS) is 16.9. The lowest BCUT2D eigenvalue weighted by atomic mass is 9.94. The van der Waals surface area contributed by atoms with Crippen LogP contribution in [0.4, 0.5) is 0 Å². The average Bonchev–Trinajstić information content (AvgIpc) is 2.45. The van der Waals surface area contributed by atoms with Crippen LogP contribution in [0.2, 0.25) is 0 Å². The molecule has 0 saturated heterocycles. The van der Waals surface area contributed by atoms with Crippen molar-refractivity contribution in [3.8, 4) is 0 Å². The van der Waals surface area contributed by atoms with Crippen molar-refractivity contribution in [3.63, 3.8) is 0 Å². The number of carboxylic acid groups (broad SMARTS) is 1. The summed E-state index contributed by atoms with van der Waals surface area (Å²) in [6.45, 7) is 4.95. The van der Waals surface area contributed by atoms with Crippen LogP contribution in [-0.2, 0) is 17.8 Å². The second-order valence-electron chi connectivity index (χ2n) is 5.26. The van der Waals surface area contributed by atoms with Gasteiger partial charge >= 0.3 is 5.97 Å². The Labute approximate surface area is 118 Å². The summed E-state index contributed by atoms with van der Waals surface area (Å²) in [5.74, 6) is -1.71. The highest BCUT2D eigenvalue weighted by molar-refractivity contribution is 5.96. The maximum absolute atomic E-state index is 12.3. The Balaban J connectivity index is 2.16. The van der Waals surface area contributed by atoms with E-state index >= 15 is 0 Å². The van der Waals surface area contributed by atoms with E-state index in [1.807, 2.05) is 12.1 Å². The largest absolute Gasteiger partial charge is 0.481 e. The molecule has 0 fully saturated rings. The van der Waals surface area contributed by atoms with Crippen molar-refractivity contribution in [3.05, 3.63) is 34.9 Å². The molecule has 1 aromatic carbocycles. The molecule has 20 heavy (non-hydrogen) atoms. The zero-order valence-corrected chi connectivity index (χ0v) is 11.8. The fraction of sp³-hybridized carbons (Fsp3) is 0.467. The minimum atomic E-state index is -0.905. The molecular weight excluding hydrogens is 256 g/mol. The number of hydrogen-bond acceptors (Lipinski definition) is 3. The molecule has 0 saturated carbocycles. The topological polar surface area (TPSA) is 78.4 Å². The Kier molecular flexibility index (Phi) is 4.39. The number of hydrogen-bond donors (Lipinski definition) is 3. The standard InChI is InChI=1S/C15H20N2O3/c1-9(15(19)20)10(2)17-14(18)13-5-3-4-11-8-16-7-6-12(11)13/h3-5,9-10,16H,6-8H2,1-2H3,(H,17,18)(H,19,20). The average molecular weight is 276 g/mol. The van der Waals surface area contributed by atoms with Gasteiger partial charge in [-0.2, -0.15) is 0 Å². The highest BCUT2D eigenvalue weighted by Crippen LogP contribution is 2.19. The van der Waals surface area contributed by atoms with Crippen LogP contribution in [0.15, 0.2) is 18.2 Å². The minimum absolute atomic E-state index is 0.190. The minimum Gasteiger partial charge on any atom is -0.481 e. The highest BCUT2D eigenvalue weighted by atomic mass is 16.4. The highest BCUT2D eigenvalue weighted by Gasteiger charge is 2.23. The lowest BCUT2D eigenvalue weighted by Crippen LogP contribution is -2.40. The third-order valence-electron chi connectivity index (χ3n) is 3.88. The maximum Gasteiger partial charge on any atom is 0.308 e. The molecule has 2 rings (SSSR count). The number of carboxylic acids is 1. The van der Waals surface area contributed by atoms with E-state index in [2.05, 4.69) is 10.6 Å². The van der Waals surface area contributed by atoms with Crippen molar-refractivity contribution in [2.45, 2.75) is 32.9 Å². The molecule has 0 aromatic heterocycles. The molecule has 0 radical (unpaired) electrons. The predicted molar refractivity (Wildman–Crippen MR) is 75.6 cm³/mol. The molecule has 1 heterocycles. The van der Waals surface area contributed by atoms with Gasteiger partial charge in [-0.15, -0.1) is 0 Å². The van der Waals surface area contributed by atoms with Crippen LogP contribution in [0.5, 0.6) is 0 Å². The summed E-state index contributed by atoms with van der Waals surface area (Å²) in [6.07, 6.45) is 0.821. The molecule has 3 N–H and O–H groups in total. The molecule has 2 unspecified atom stereocenters. The molecule has 5 nitrogen and oxygen atoms in total. The quantitative estimate of drug-likeness (QED) is 0.771. The Morgan fingerprint density at radius 1 is 1.35 bits per heavy atom. The Morgan fingerprint density at radius 2 is 2.10 bits per heavy atom. The molecule has 1 amide bonds. The van der Waals surface area contributed by atoms with E-state index in [1.165, 1.54) is 0 Å². The molecule has 108 valence electrons. The van der Waals surface area contributed by atoms with Gasteiger partial charge in [-0.1, -0.05) is 12.1 Å². The first kappa shape index (κ1) is 14.5. The smallest absolute Gasteiger partial charge is 0.308 e. The van der Waals surface area contributed by atoms with Gasteiger partial charge in [-0.05, 0) is 44.0 Å². The molecule has 1 aromatic rings. The number of nitrogens with one attached hydrogen (secondary N) is 2. The van der Waals surface area contributed by atoms with Gasteiger partial charge in [0.15, 0.2) is 0 Å². The number of benzene rings is 1. The fourth-order valence-corrected chi connectivity index (χ4v) is 2.37. The Hall–Kier alpha value is -1.88. The van der Waals surface area contributed by atoms with E-state index in [1.54, 1.807) is 19.9 Å². The third-order valence-corrected chi connectivity index (χ3v) is 3.88. The van der Waals surface area contributed by atoms with E-state index in [0.29, 0.717) is 5.56 Å².